The van der Waals surface area contributed by atoms with Crippen molar-refractivity contribution in [3.63, 3.8) is 0 Å². The zero-order valence-corrected chi connectivity index (χ0v) is 6.59. The Morgan fingerprint density at radius 3 is 2.82 bits per heavy atom. The molecule has 0 unspecified atom stereocenters. The molecule has 0 atom stereocenters. The molecule has 3 heteroatoms. The molecule has 3 nitrogen and oxygen atoms in total. The summed E-state index contributed by atoms with van der Waals surface area (Å²) in [6.45, 7) is 5.28. The van der Waals surface area contributed by atoms with Crippen LogP contribution >= 0.6 is 0 Å². The minimum Gasteiger partial charge on any atom is -0.460 e. The Morgan fingerprint density at radius 2 is 2.36 bits per heavy atom. The second-order valence-corrected chi connectivity index (χ2v) is 2.13. The molecule has 0 aromatic carbocycles. The molecule has 0 aliphatic carbocycles. The molecule has 0 rings (SSSR count). The average molecular weight is 153 g/mol. The average Bonchev–Trinajstić information content (AvgIpc) is 2.01. The van der Waals surface area contributed by atoms with Gasteiger partial charge in [-0.25, -0.2) is 0 Å². The van der Waals surface area contributed by atoms with Crippen molar-refractivity contribution in [3.05, 3.63) is 12.2 Å². The first kappa shape index (κ1) is 9.70. The largest absolute Gasteiger partial charge is 0.460 e. The van der Waals surface area contributed by atoms with Crippen molar-refractivity contribution < 1.29 is 9.53 Å². The van der Waals surface area contributed by atoms with E-state index in [1.165, 1.54) is 0 Å². The van der Waals surface area contributed by atoms with Gasteiger partial charge >= 0.3 is 5.97 Å². The highest BCUT2D eigenvalue weighted by molar-refractivity contribution is 5.69. The number of hydrogen-bond donors (Lipinski definition) is 0. The molecule has 0 aromatic rings. The van der Waals surface area contributed by atoms with Gasteiger partial charge in [0.1, 0.15) is 6.61 Å². The van der Waals surface area contributed by atoms with Gasteiger partial charge in [0.15, 0.2) is 0 Å². The molecule has 0 aromatic heterocycles. The van der Waals surface area contributed by atoms with Crippen molar-refractivity contribution in [3.8, 4) is 6.07 Å². The molecule has 0 spiro atoms. The molecule has 0 bridgehead atoms. The maximum absolute atomic E-state index is 10.7. The number of nitrogens with zero attached hydrogens (tertiary/aromatic N) is 1. The number of ether oxygens (including phenoxy) is 1. The first-order chi connectivity index (χ1) is 5.20. The van der Waals surface area contributed by atoms with E-state index in [9.17, 15) is 4.79 Å². The van der Waals surface area contributed by atoms with Crippen molar-refractivity contribution in [2.75, 3.05) is 6.61 Å². The Balaban J connectivity index is 3.48. The maximum atomic E-state index is 10.7. The Morgan fingerprint density at radius 1 is 1.73 bits per heavy atom. The van der Waals surface area contributed by atoms with Crippen LogP contribution in [0.5, 0.6) is 0 Å². The summed E-state index contributed by atoms with van der Waals surface area (Å²) in [5.41, 5.74) is 0.273. The summed E-state index contributed by atoms with van der Waals surface area (Å²) in [4.78, 5) is 10.7. The predicted octanol–water partition coefficient (Wildman–Crippen LogP) is 1.41. The smallest absolute Gasteiger partial charge is 0.306 e. The standard InChI is InChI=1S/C8H11NO2/c1-3-4-8(10)11-6-7(2)5-9/h2-4,6H2,1H3. The molecule has 0 aliphatic rings. The van der Waals surface area contributed by atoms with E-state index in [2.05, 4.69) is 11.3 Å². The van der Waals surface area contributed by atoms with Crippen LogP contribution in [-0.4, -0.2) is 12.6 Å². The summed E-state index contributed by atoms with van der Waals surface area (Å²) in [7, 11) is 0. The topological polar surface area (TPSA) is 50.1 Å². The molecule has 0 saturated carbocycles. The Bertz CT molecular complexity index is 191. The minimum absolute atomic E-state index is 0.0231. The molecule has 0 radical (unpaired) electrons. The van der Waals surface area contributed by atoms with E-state index in [1.807, 2.05) is 6.92 Å². The number of carbonyl (C=O) groups is 1. The van der Waals surface area contributed by atoms with E-state index in [4.69, 9.17) is 5.26 Å². The SMILES string of the molecule is C=C(C#N)COC(=O)CCC. The third-order valence-corrected chi connectivity index (χ3v) is 1.02. The molecule has 0 N–H and O–H groups in total. The van der Waals surface area contributed by atoms with Gasteiger partial charge in [0, 0.05) is 6.42 Å². The number of rotatable bonds is 4. The van der Waals surface area contributed by atoms with Gasteiger partial charge in [-0.2, -0.15) is 5.26 Å². The highest BCUT2D eigenvalue weighted by atomic mass is 16.5. The first-order valence-electron chi connectivity index (χ1n) is 3.44. The van der Waals surface area contributed by atoms with Crippen LogP contribution in [0.1, 0.15) is 19.8 Å². The summed E-state index contributed by atoms with van der Waals surface area (Å²) < 4.78 is 4.67. The van der Waals surface area contributed by atoms with Gasteiger partial charge in [-0.15, -0.1) is 0 Å². The van der Waals surface area contributed by atoms with Crippen molar-refractivity contribution in [1.82, 2.24) is 0 Å². The molecule has 0 saturated heterocycles. The van der Waals surface area contributed by atoms with Crippen molar-refractivity contribution >= 4 is 5.97 Å². The van der Waals surface area contributed by atoms with Crippen molar-refractivity contribution in [2.24, 2.45) is 0 Å². The summed E-state index contributed by atoms with van der Waals surface area (Å²) in [6, 6.07) is 1.79. The van der Waals surface area contributed by atoms with E-state index >= 15 is 0 Å². The lowest BCUT2D eigenvalue weighted by atomic mass is 10.3. The first-order valence-corrected chi connectivity index (χ1v) is 3.44. The van der Waals surface area contributed by atoms with Crippen molar-refractivity contribution in [2.45, 2.75) is 19.8 Å². The van der Waals surface area contributed by atoms with E-state index < -0.39 is 0 Å². The lowest BCUT2D eigenvalue weighted by Crippen LogP contribution is -2.05. The molecular weight excluding hydrogens is 142 g/mol. The molecule has 0 heterocycles. The zero-order chi connectivity index (χ0) is 8.69. The lowest BCUT2D eigenvalue weighted by molar-refractivity contribution is -0.142. The summed E-state index contributed by atoms with van der Waals surface area (Å²) in [5, 5.41) is 8.24. The molecule has 0 amide bonds. The van der Waals surface area contributed by atoms with Crippen LogP contribution in [0.3, 0.4) is 0 Å². The van der Waals surface area contributed by atoms with Crippen LogP contribution < -0.4 is 0 Å². The van der Waals surface area contributed by atoms with Gasteiger partial charge < -0.3 is 4.74 Å². The highest BCUT2D eigenvalue weighted by Gasteiger charge is 2.00. The van der Waals surface area contributed by atoms with Gasteiger partial charge in [-0.05, 0) is 6.42 Å². The summed E-state index contributed by atoms with van der Waals surface area (Å²) in [6.07, 6.45) is 1.16. The molecule has 60 valence electrons. The predicted molar refractivity (Wildman–Crippen MR) is 40.6 cm³/mol. The lowest BCUT2D eigenvalue weighted by Gasteiger charge is -2.00. The van der Waals surface area contributed by atoms with Gasteiger partial charge in [0.25, 0.3) is 0 Å². The van der Waals surface area contributed by atoms with Crippen LogP contribution in [0.15, 0.2) is 12.2 Å². The fourth-order valence-electron chi connectivity index (χ4n) is 0.476. The van der Waals surface area contributed by atoms with Crippen LogP contribution in [-0.2, 0) is 9.53 Å². The summed E-state index contributed by atoms with van der Waals surface area (Å²) in [5.74, 6) is -0.274. The highest BCUT2D eigenvalue weighted by Crippen LogP contribution is 1.94. The molecule has 11 heavy (non-hydrogen) atoms. The van der Waals surface area contributed by atoms with E-state index in [0.717, 1.165) is 6.42 Å². The van der Waals surface area contributed by atoms with E-state index in [1.54, 1.807) is 6.07 Å². The monoisotopic (exact) mass is 153 g/mol. The number of hydrogen-bond acceptors (Lipinski definition) is 3. The molecular formula is C8H11NO2. The third kappa shape index (κ3) is 5.16. The minimum atomic E-state index is -0.274. The summed E-state index contributed by atoms with van der Waals surface area (Å²) >= 11 is 0. The Kier molecular flexibility index (Phi) is 4.83. The van der Waals surface area contributed by atoms with Crippen LogP contribution in [0, 0.1) is 11.3 Å². The fourth-order valence-corrected chi connectivity index (χ4v) is 0.476. The van der Waals surface area contributed by atoms with E-state index in [-0.39, 0.29) is 18.1 Å². The van der Waals surface area contributed by atoms with Crippen LogP contribution in [0.4, 0.5) is 0 Å². The fraction of sp³-hybridized carbons (Fsp3) is 0.500. The molecule has 0 fully saturated rings. The van der Waals surface area contributed by atoms with Crippen LogP contribution in [0.25, 0.3) is 0 Å². The second-order valence-electron chi connectivity index (χ2n) is 2.13. The normalized spacial score (nSPS) is 8.36. The van der Waals surface area contributed by atoms with Gasteiger partial charge in [-0.1, -0.05) is 13.5 Å². The van der Waals surface area contributed by atoms with E-state index in [0.29, 0.717) is 6.42 Å². The van der Waals surface area contributed by atoms with Crippen LogP contribution in [0.2, 0.25) is 0 Å². The third-order valence-electron chi connectivity index (χ3n) is 1.02. The van der Waals surface area contributed by atoms with Gasteiger partial charge in [-0.3, -0.25) is 4.79 Å². The zero-order valence-electron chi connectivity index (χ0n) is 6.59. The van der Waals surface area contributed by atoms with Crippen molar-refractivity contribution in [1.29, 1.82) is 5.26 Å². The Labute approximate surface area is 66.3 Å². The van der Waals surface area contributed by atoms with Gasteiger partial charge in [0.2, 0.25) is 0 Å². The van der Waals surface area contributed by atoms with Gasteiger partial charge in [0.05, 0.1) is 11.6 Å². The Hall–Kier alpha value is -1.30. The second kappa shape index (κ2) is 5.48. The number of nitriles is 1. The number of carbonyl (C=O) groups excluding carboxylic acids is 1. The number of esters is 1. The maximum Gasteiger partial charge on any atom is 0.306 e. The quantitative estimate of drug-likeness (QED) is 0.453. The molecule has 0 aliphatic heterocycles.